The van der Waals surface area contributed by atoms with Crippen LogP contribution in [0.25, 0.3) is 0 Å². The molecule has 2 unspecified atom stereocenters. The van der Waals surface area contributed by atoms with E-state index in [-0.39, 0.29) is 0 Å². The van der Waals surface area contributed by atoms with Crippen LogP contribution in [-0.2, 0) is 4.74 Å². The minimum atomic E-state index is -1.38. The molecule has 0 aliphatic carbocycles. The molecule has 1 aliphatic heterocycles. The molecule has 1 rings (SSSR count). The van der Waals surface area contributed by atoms with Crippen molar-refractivity contribution in [2.45, 2.75) is 30.5 Å². The number of rotatable bonds is 1. The predicted molar refractivity (Wildman–Crippen MR) is 42.6 cm³/mol. The first kappa shape index (κ1) is 10.4. The van der Waals surface area contributed by atoms with Crippen molar-refractivity contribution in [2.24, 2.45) is 0 Å². The van der Waals surface area contributed by atoms with E-state index in [1.165, 1.54) is 0 Å². The van der Waals surface area contributed by atoms with Gasteiger partial charge in [-0.05, 0) is 0 Å². The molecule has 1 aliphatic rings. The topological polar surface area (TPSA) is 90.2 Å². The molecule has 1 fully saturated rings. The van der Waals surface area contributed by atoms with Crippen LogP contribution in [-0.4, -0.2) is 57.6 Å². The Morgan fingerprint density at radius 2 is 1.77 bits per heavy atom. The predicted octanol–water partition coefficient (Wildman–Crippen LogP) is -2.54. The molecular weight excluding hydrogens is 176 g/mol. The molecule has 5 atom stereocenters. The van der Waals surface area contributed by atoms with Crippen molar-refractivity contribution < 1.29 is 25.2 Å². The van der Waals surface area contributed by atoms with Crippen LogP contribution in [0.4, 0.5) is 0 Å². The van der Waals surface area contributed by atoms with Gasteiger partial charge in [-0.2, -0.15) is 0 Å². The molecule has 0 aromatic heterocycles. The van der Waals surface area contributed by atoms with Crippen LogP contribution < -0.4 is 0 Å². The molecule has 4 N–H and O–H groups in total. The first-order valence-corrected chi connectivity index (χ1v) is 3.88. The van der Waals surface area contributed by atoms with Crippen molar-refractivity contribution in [2.75, 3.05) is 6.61 Å². The second-order valence-corrected chi connectivity index (χ2v) is 2.92. The molecule has 74 valence electrons. The highest BCUT2D eigenvalue weighted by Gasteiger charge is 2.42. The average Bonchev–Trinajstić information content (AvgIpc) is 2.15. The summed E-state index contributed by atoms with van der Waals surface area (Å²) in [6.45, 7) is -0.455. The first-order valence-electron chi connectivity index (χ1n) is 3.88. The monoisotopic (exact) mass is 188 g/mol. The molecule has 0 spiro atoms. The van der Waals surface area contributed by atoms with Crippen molar-refractivity contribution in [3.63, 3.8) is 0 Å². The van der Waals surface area contributed by atoms with Crippen LogP contribution in [0, 0.1) is 12.3 Å². The minimum Gasteiger partial charge on any atom is -0.394 e. The lowest BCUT2D eigenvalue weighted by Gasteiger charge is -2.37. The van der Waals surface area contributed by atoms with Gasteiger partial charge in [0.1, 0.15) is 30.5 Å². The van der Waals surface area contributed by atoms with Crippen molar-refractivity contribution in [3.8, 4) is 12.3 Å². The average molecular weight is 188 g/mol. The third-order valence-electron chi connectivity index (χ3n) is 2.06. The van der Waals surface area contributed by atoms with E-state index in [0.717, 1.165) is 0 Å². The van der Waals surface area contributed by atoms with Crippen LogP contribution in [0.1, 0.15) is 0 Å². The Hall–Kier alpha value is -0.640. The molecule has 5 nitrogen and oxygen atoms in total. The van der Waals surface area contributed by atoms with Crippen molar-refractivity contribution in [3.05, 3.63) is 0 Å². The summed E-state index contributed by atoms with van der Waals surface area (Å²) < 4.78 is 4.93. The number of terminal acetylenes is 1. The van der Waals surface area contributed by atoms with E-state index < -0.39 is 37.1 Å². The molecule has 0 aromatic rings. The molecule has 0 bridgehead atoms. The zero-order chi connectivity index (χ0) is 10.0. The van der Waals surface area contributed by atoms with Gasteiger partial charge in [-0.25, -0.2) is 0 Å². The molecule has 1 saturated heterocycles. The highest BCUT2D eigenvalue weighted by atomic mass is 16.5. The lowest BCUT2D eigenvalue weighted by Crippen LogP contribution is -2.58. The van der Waals surface area contributed by atoms with E-state index in [1.54, 1.807) is 0 Å². The summed E-state index contributed by atoms with van der Waals surface area (Å²) in [7, 11) is 0. The quantitative estimate of drug-likeness (QED) is 0.340. The number of aliphatic hydroxyl groups excluding tert-OH is 4. The molecule has 0 radical (unpaired) electrons. The Kier molecular flexibility index (Phi) is 3.25. The van der Waals surface area contributed by atoms with Gasteiger partial charge in [-0.15, -0.1) is 6.42 Å². The smallest absolute Gasteiger partial charge is 0.146 e. The van der Waals surface area contributed by atoms with E-state index >= 15 is 0 Å². The van der Waals surface area contributed by atoms with Gasteiger partial charge < -0.3 is 25.2 Å². The lowest BCUT2D eigenvalue weighted by molar-refractivity contribution is -0.214. The fraction of sp³-hybridized carbons (Fsp3) is 0.750. The van der Waals surface area contributed by atoms with Gasteiger partial charge in [0.05, 0.1) is 6.61 Å². The van der Waals surface area contributed by atoms with E-state index in [9.17, 15) is 15.3 Å². The molecule has 13 heavy (non-hydrogen) atoms. The number of hydrogen-bond donors (Lipinski definition) is 4. The number of hydrogen-bond acceptors (Lipinski definition) is 5. The van der Waals surface area contributed by atoms with E-state index in [0.29, 0.717) is 0 Å². The van der Waals surface area contributed by atoms with Crippen LogP contribution in [0.15, 0.2) is 0 Å². The number of aliphatic hydroxyl groups is 4. The third kappa shape index (κ3) is 1.82. The SMILES string of the molecule is C#CC1O[C@H](CO)[C@@H](O)[C@H](O)C1O. The largest absolute Gasteiger partial charge is 0.394 e. The Morgan fingerprint density at radius 3 is 2.23 bits per heavy atom. The summed E-state index contributed by atoms with van der Waals surface area (Å²) in [6.07, 6.45) is -0.941. The van der Waals surface area contributed by atoms with Gasteiger partial charge >= 0.3 is 0 Å². The summed E-state index contributed by atoms with van der Waals surface area (Å²) in [5.74, 6) is 2.11. The summed E-state index contributed by atoms with van der Waals surface area (Å²) in [6, 6.07) is 0. The molecule has 0 aromatic carbocycles. The van der Waals surface area contributed by atoms with Crippen LogP contribution in [0.2, 0.25) is 0 Å². The van der Waals surface area contributed by atoms with Crippen molar-refractivity contribution in [1.29, 1.82) is 0 Å². The Morgan fingerprint density at radius 1 is 1.15 bits per heavy atom. The van der Waals surface area contributed by atoms with Crippen LogP contribution in [0.3, 0.4) is 0 Å². The van der Waals surface area contributed by atoms with Gasteiger partial charge in [0.2, 0.25) is 0 Å². The zero-order valence-electron chi connectivity index (χ0n) is 6.87. The van der Waals surface area contributed by atoms with Gasteiger partial charge in [0.25, 0.3) is 0 Å². The normalized spacial score (nSPS) is 45.6. The van der Waals surface area contributed by atoms with E-state index in [2.05, 4.69) is 5.92 Å². The Bertz CT molecular complexity index is 209. The van der Waals surface area contributed by atoms with Gasteiger partial charge in [-0.1, -0.05) is 5.92 Å². The lowest BCUT2D eigenvalue weighted by atomic mass is 9.96. The second-order valence-electron chi connectivity index (χ2n) is 2.92. The third-order valence-corrected chi connectivity index (χ3v) is 2.06. The molecular formula is C8H12O5. The van der Waals surface area contributed by atoms with Gasteiger partial charge in [0.15, 0.2) is 0 Å². The van der Waals surface area contributed by atoms with Crippen molar-refractivity contribution >= 4 is 0 Å². The summed E-state index contributed by atoms with van der Waals surface area (Å²) >= 11 is 0. The van der Waals surface area contributed by atoms with Gasteiger partial charge in [0, 0.05) is 0 Å². The zero-order valence-corrected chi connectivity index (χ0v) is 6.87. The molecule has 5 heteroatoms. The fourth-order valence-corrected chi connectivity index (χ4v) is 1.24. The highest BCUT2D eigenvalue weighted by Crippen LogP contribution is 2.20. The Balaban J connectivity index is 2.73. The maximum atomic E-state index is 9.26. The van der Waals surface area contributed by atoms with Crippen LogP contribution >= 0.6 is 0 Å². The molecule has 0 saturated carbocycles. The number of ether oxygens (including phenoxy) is 1. The summed E-state index contributed by atoms with van der Waals surface area (Å²) in [5.41, 5.74) is 0. The van der Waals surface area contributed by atoms with Gasteiger partial charge in [-0.3, -0.25) is 0 Å². The van der Waals surface area contributed by atoms with E-state index in [1.807, 2.05) is 0 Å². The first-order chi connectivity index (χ1) is 6.11. The van der Waals surface area contributed by atoms with E-state index in [4.69, 9.17) is 16.3 Å². The minimum absolute atomic E-state index is 0.455. The molecule has 0 amide bonds. The van der Waals surface area contributed by atoms with Crippen molar-refractivity contribution in [1.82, 2.24) is 0 Å². The summed E-state index contributed by atoms with van der Waals surface area (Å²) in [4.78, 5) is 0. The maximum Gasteiger partial charge on any atom is 0.146 e. The fourth-order valence-electron chi connectivity index (χ4n) is 1.24. The Labute approximate surface area is 75.6 Å². The van der Waals surface area contributed by atoms with Crippen LogP contribution in [0.5, 0.6) is 0 Å². The molecule has 1 heterocycles. The standard InChI is InChI=1S/C8H12O5/c1-2-4-6(10)8(12)7(11)5(3-9)13-4/h1,4-12H,3H2/t4?,5-,6?,7-,8-/m1/s1. The maximum absolute atomic E-state index is 9.26. The highest BCUT2D eigenvalue weighted by molar-refractivity contribution is 5.05. The summed E-state index contributed by atoms with van der Waals surface area (Å²) in [5, 5.41) is 36.5. The second kappa shape index (κ2) is 4.05.